The maximum Gasteiger partial charge on any atom is 0.317 e. The quantitative estimate of drug-likeness (QED) is 0.883. The Morgan fingerprint density at radius 2 is 1.76 bits per heavy atom. The Kier molecular flexibility index (Phi) is 6.31. The number of urea groups is 1. The highest BCUT2D eigenvalue weighted by Gasteiger charge is 2.29. The maximum absolute atomic E-state index is 12.5. The van der Waals surface area contributed by atoms with Crippen LogP contribution >= 0.6 is 0 Å². The zero-order chi connectivity index (χ0) is 17.5. The number of carbonyl (C=O) groups is 2. The van der Waals surface area contributed by atoms with Crippen LogP contribution in [0.1, 0.15) is 50.5 Å². The van der Waals surface area contributed by atoms with E-state index in [1.807, 2.05) is 30.3 Å². The fourth-order valence-corrected chi connectivity index (χ4v) is 3.83. The number of hydrogen-bond donors (Lipinski definition) is 2. The molecule has 2 N–H and O–H groups in total. The van der Waals surface area contributed by atoms with Crippen molar-refractivity contribution in [1.29, 1.82) is 0 Å². The van der Waals surface area contributed by atoms with Crippen LogP contribution in [0.4, 0.5) is 4.79 Å². The summed E-state index contributed by atoms with van der Waals surface area (Å²) in [7, 11) is 0. The Hall–Kier alpha value is -2.04. The van der Waals surface area contributed by atoms with Crippen LogP contribution < -0.4 is 10.6 Å². The second-order valence-corrected chi connectivity index (χ2v) is 7.27. The van der Waals surface area contributed by atoms with Crippen LogP contribution in [0.2, 0.25) is 0 Å². The van der Waals surface area contributed by atoms with Crippen molar-refractivity contribution in [3.8, 4) is 0 Å². The molecule has 1 aliphatic heterocycles. The van der Waals surface area contributed by atoms with Gasteiger partial charge in [0.05, 0.1) is 5.92 Å². The molecule has 1 saturated heterocycles. The third kappa shape index (κ3) is 5.21. The van der Waals surface area contributed by atoms with Crippen molar-refractivity contribution in [1.82, 2.24) is 15.5 Å². The predicted molar refractivity (Wildman–Crippen MR) is 98.0 cm³/mol. The van der Waals surface area contributed by atoms with Gasteiger partial charge in [0, 0.05) is 25.7 Å². The van der Waals surface area contributed by atoms with Crippen molar-refractivity contribution < 1.29 is 9.59 Å². The molecule has 1 aliphatic carbocycles. The summed E-state index contributed by atoms with van der Waals surface area (Å²) >= 11 is 0. The van der Waals surface area contributed by atoms with E-state index in [1.165, 1.54) is 19.3 Å². The lowest BCUT2D eigenvalue weighted by Gasteiger charge is -2.33. The molecular weight excluding hydrogens is 314 g/mol. The van der Waals surface area contributed by atoms with Gasteiger partial charge in [0.15, 0.2) is 0 Å². The van der Waals surface area contributed by atoms with E-state index in [2.05, 4.69) is 10.6 Å². The first-order valence-electron chi connectivity index (χ1n) is 9.59. The smallest absolute Gasteiger partial charge is 0.317 e. The van der Waals surface area contributed by atoms with Crippen LogP contribution in [-0.2, 0) is 11.3 Å². The highest BCUT2D eigenvalue weighted by atomic mass is 16.2. The molecule has 1 heterocycles. The number of piperidine rings is 1. The van der Waals surface area contributed by atoms with Gasteiger partial charge in [0.25, 0.3) is 0 Å². The Labute approximate surface area is 150 Å². The van der Waals surface area contributed by atoms with Crippen LogP contribution in [0.3, 0.4) is 0 Å². The van der Waals surface area contributed by atoms with Gasteiger partial charge >= 0.3 is 6.03 Å². The third-order valence-corrected chi connectivity index (χ3v) is 5.32. The fraction of sp³-hybridized carbons (Fsp3) is 0.600. The summed E-state index contributed by atoms with van der Waals surface area (Å²) in [4.78, 5) is 26.7. The molecule has 136 valence electrons. The standard InChI is InChI=1S/C20H29N3O2/c24-19(22-18-11-5-2-6-12-18)17-10-7-13-23(15-17)20(25)21-14-16-8-3-1-4-9-16/h1,3-4,8-9,17-18H,2,5-7,10-15H2,(H,21,25)(H,22,24)/t17-/m0/s1. The zero-order valence-electron chi connectivity index (χ0n) is 14.9. The average Bonchev–Trinajstić information content (AvgIpc) is 2.68. The topological polar surface area (TPSA) is 61.4 Å². The Bertz CT molecular complexity index is 570. The minimum absolute atomic E-state index is 0.0704. The van der Waals surface area contributed by atoms with E-state index in [-0.39, 0.29) is 17.9 Å². The van der Waals surface area contributed by atoms with Gasteiger partial charge in [0.2, 0.25) is 5.91 Å². The van der Waals surface area contributed by atoms with E-state index in [1.54, 1.807) is 4.90 Å². The van der Waals surface area contributed by atoms with Gasteiger partial charge in [-0.2, -0.15) is 0 Å². The Morgan fingerprint density at radius 3 is 2.52 bits per heavy atom. The van der Waals surface area contributed by atoms with E-state index < -0.39 is 0 Å². The largest absolute Gasteiger partial charge is 0.353 e. The summed E-state index contributed by atoms with van der Waals surface area (Å²) in [5.41, 5.74) is 1.08. The molecule has 3 rings (SSSR count). The number of hydrogen-bond acceptors (Lipinski definition) is 2. The van der Waals surface area contributed by atoms with Gasteiger partial charge in [0.1, 0.15) is 0 Å². The molecule has 5 heteroatoms. The van der Waals surface area contributed by atoms with E-state index in [4.69, 9.17) is 0 Å². The molecule has 0 unspecified atom stereocenters. The molecule has 3 amide bonds. The molecule has 0 bridgehead atoms. The van der Waals surface area contributed by atoms with E-state index in [9.17, 15) is 9.59 Å². The van der Waals surface area contributed by atoms with Gasteiger partial charge < -0.3 is 15.5 Å². The molecule has 0 spiro atoms. The first-order valence-corrected chi connectivity index (χ1v) is 9.59. The minimum atomic E-state index is -0.0712. The average molecular weight is 343 g/mol. The van der Waals surface area contributed by atoms with E-state index in [0.29, 0.717) is 19.1 Å². The molecule has 0 radical (unpaired) electrons. The highest BCUT2D eigenvalue weighted by molar-refractivity contribution is 5.81. The predicted octanol–water partition coefficient (Wildman–Crippen LogP) is 3.06. The summed E-state index contributed by atoms with van der Waals surface area (Å²) in [6.07, 6.45) is 7.67. The first-order chi connectivity index (χ1) is 12.2. The van der Waals surface area contributed by atoms with Gasteiger partial charge in [-0.15, -0.1) is 0 Å². The Morgan fingerprint density at radius 1 is 1.00 bits per heavy atom. The SMILES string of the molecule is O=C(NC1CCCCC1)[C@H]1CCCN(C(=O)NCc2ccccc2)C1. The second-order valence-electron chi connectivity index (χ2n) is 7.27. The lowest BCUT2D eigenvalue weighted by molar-refractivity contribution is -0.127. The number of likely N-dealkylation sites (tertiary alicyclic amines) is 1. The van der Waals surface area contributed by atoms with Gasteiger partial charge in [-0.05, 0) is 31.2 Å². The van der Waals surface area contributed by atoms with Crippen LogP contribution in [0, 0.1) is 5.92 Å². The van der Waals surface area contributed by atoms with Crippen molar-refractivity contribution >= 4 is 11.9 Å². The summed E-state index contributed by atoms with van der Waals surface area (Å²) in [5.74, 6) is 0.0608. The lowest BCUT2D eigenvalue weighted by atomic mass is 9.93. The number of rotatable bonds is 4. The Balaban J connectivity index is 1.46. The second kappa shape index (κ2) is 8.88. The molecule has 1 aromatic carbocycles. The van der Waals surface area contributed by atoms with Gasteiger partial charge in [-0.3, -0.25) is 4.79 Å². The molecule has 0 aromatic heterocycles. The minimum Gasteiger partial charge on any atom is -0.353 e. The fourth-order valence-electron chi connectivity index (χ4n) is 3.83. The molecule has 25 heavy (non-hydrogen) atoms. The van der Waals surface area contributed by atoms with Crippen LogP contribution in [0.5, 0.6) is 0 Å². The highest BCUT2D eigenvalue weighted by Crippen LogP contribution is 2.20. The summed E-state index contributed by atoms with van der Waals surface area (Å²) < 4.78 is 0. The summed E-state index contributed by atoms with van der Waals surface area (Å²) in [6.45, 7) is 1.78. The number of amides is 3. The number of nitrogens with one attached hydrogen (secondary N) is 2. The molecular formula is C20H29N3O2. The van der Waals surface area contributed by atoms with Crippen molar-refractivity contribution in [2.75, 3.05) is 13.1 Å². The van der Waals surface area contributed by atoms with Crippen molar-refractivity contribution in [2.24, 2.45) is 5.92 Å². The van der Waals surface area contributed by atoms with Crippen molar-refractivity contribution in [3.05, 3.63) is 35.9 Å². The van der Waals surface area contributed by atoms with Crippen molar-refractivity contribution in [2.45, 2.75) is 57.5 Å². The van der Waals surface area contributed by atoms with E-state index in [0.717, 1.165) is 37.8 Å². The number of carbonyl (C=O) groups excluding carboxylic acids is 2. The number of benzene rings is 1. The van der Waals surface area contributed by atoms with E-state index >= 15 is 0 Å². The molecule has 2 aliphatic rings. The van der Waals surface area contributed by atoms with Gasteiger partial charge in [-0.25, -0.2) is 4.79 Å². The third-order valence-electron chi connectivity index (χ3n) is 5.32. The first kappa shape index (κ1) is 17.8. The molecule has 5 nitrogen and oxygen atoms in total. The molecule has 2 fully saturated rings. The molecule has 1 saturated carbocycles. The summed E-state index contributed by atoms with van der Waals surface area (Å²) in [6, 6.07) is 10.2. The van der Waals surface area contributed by atoms with Crippen molar-refractivity contribution in [3.63, 3.8) is 0 Å². The monoisotopic (exact) mass is 343 g/mol. The number of nitrogens with zero attached hydrogens (tertiary/aromatic N) is 1. The molecule has 1 atom stereocenters. The van der Waals surface area contributed by atoms with Crippen LogP contribution in [0.25, 0.3) is 0 Å². The molecule has 1 aromatic rings. The zero-order valence-corrected chi connectivity index (χ0v) is 14.9. The normalized spacial score (nSPS) is 21.6. The van der Waals surface area contributed by atoms with Gasteiger partial charge in [-0.1, -0.05) is 49.6 Å². The van der Waals surface area contributed by atoms with Crippen LogP contribution in [0.15, 0.2) is 30.3 Å². The lowest BCUT2D eigenvalue weighted by Crippen LogP contribution is -2.50. The summed E-state index contributed by atoms with van der Waals surface area (Å²) in [5, 5.41) is 6.17. The maximum atomic E-state index is 12.5. The van der Waals surface area contributed by atoms with Crippen LogP contribution in [-0.4, -0.2) is 36.0 Å².